The molecular weight excluding hydrogens is 425 g/mol. The predicted octanol–water partition coefficient (Wildman–Crippen LogP) is 2.91. The molecular formula is C22H21F3N4O3. The average Bonchev–Trinajstić information content (AvgIpc) is 2.74. The van der Waals surface area contributed by atoms with Crippen LogP contribution < -0.4 is 16.6 Å². The molecule has 7 nitrogen and oxygen atoms in total. The van der Waals surface area contributed by atoms with E-state index in [1.54, 1.807) is 31.2 Å². The van der Waals surface area contributed by atoms with Gasteiger partial charge in [0.2, 0.25) is 5.69 Å². The Morgan fingerprint density at radius 3 is 2.47 bits per heavy atom. The van der Waals surface area contributed by atoms with E-state index >= 15 is 0 Å². The van der Waals surface area contributed by atoms with Gasteiger partial charge in [0.05, 0.1) is 17.8 Å². The van der Waals surface area contributed by atoms with Crippen LogP contribution in [0.1, 0.15) is 40.5 Å². The van der Waals surface area contributed by atoms with Crippen LogP contribution in [0, 0.1) is 6.92 Å². The molecule has 1 amide bonds. The van der Waals surface area contributed by atoms with E-state index in [2.05, 4.69) is 10.4 Å². The molecule has 0 aliphatic heterocycles. The highest BCUT2D eigenvalue weighted by molar-refractivity contribution is 5.91. The third-order valence-electron chi connectivity index (χ3n) is 4.65. The number of aryl methyl sites for hydroxylation is 1. The average molecular weight is 446 g/mol. The summed E-state index contributed by atoms with van der Waals surface area (Å²) in [6.45, 7) is 3.45. The number of hydrogen-bond donors (Lipinski definition) is 1. The maximum atomic E-state index is 13.1. The zero-order chi connectivity index (χ0) is 23.5. The maximum Gasteiger partial charge on any atom is 0.416 e. The van der Waals surface area contributed by atoms with Crippen molar-refractivity contribution in [3.05, 3.63) is 91.8 Å². The molecule has 0 aliphatic rings. The van der Waals surface area contributed by atoms with Crippen molar-refractivity contribution in [3.63, 3.8) is 0 Å². The van der Waals surface area contributed by atoms with Crippen molar-refractivity contribution in [1.29, 1.82) is 0 Å². The molecule has 0 bridgehead atoms. The van der Waals surface area contributed by atoms with Crippen LogP contribution in [0.3, 0.4) is 0 Å². The summed E-state index contributed by atoms with van der Waals surface area (Å²) >= 11 is 0. The van der Waals surface area contributed by atoms with Crippen LogP contribution in [0.25, 0.3) is 5.69 Å². The molecule has 168 valence electrons. The summed E-state index contributed by atoms with van der Waals surface area (Å²) in [5.41, 5.74) is -2.07. The zero-order valence-corrected chi connectivity index (χ0v) is 17.4. The third kappa shape index (κ3) is 4.96. The summed E-state index contributed by atoms with van der Waals surface area (Å²) in [7, 11) is 0. The topological polar surface area (TPSA) is 86.0 Å². The minimum absolute atomic E-state index is 0.0842. The lowest BCUT2D eigenvalue weighted by Crippen LogP contribution is -2.46. The Bertz CT molecular complexity index is 1260. The number of nitrogens with zero attached hydrogens (tertiary/aromatic N) is 3. The molecule has 3 aromatic rings. The van der Waals surface area contributed by atoms with E-state index in [1.807, 2.05) is 6.92 Å². The largest absolute Gasteiger partial charge is 0.416 e. The van der Waals surface area contributed by atoms with E-state index in [0.29, 0.717) is 16.7 Å². The molecule has 0 saturated heterocycles. The van der Waals surface area contributed by atoms with E-state index in [-0.39, 0.29) is 12.1 Å². The molecule has 3 rings (SSSR count). The molecule has 0 fully saturated rings. The summed E-state index contributed by atoms with van der Waals surface area (Å²) in [5, 5.41) is 6.51. The molecule has 2 aromatic carbocycles. The van der Waals surface area contributed by atoms with Gasteiger partial charge >= 0.3 is 11.9 Å². The Hall–Kier alpha value is -3.69. The van der Waals surface area contributed by atoms with Gasteiger partial charge in [-0.2, -0.15) is 23.0 Å². The summed E-state index contributed by atoms with van der Waals surface area (Å²) in [6, 6.07) is 11.0. The number of nitrogens with one attached hydrogen (secondary N) is 1. The second-order valence-corrected chi connectivity index (χ2v) is 7.23. The van der Waals surface area contributed by atoms with E-state index < -0.39 is 41.1 Å². The molecule has 32 heavy (non-hydrogen) atoms. The first kappa shape index (κ1) is 23.0. The zero-order valence-electron chi connectivity index (χ0n) is 17.4. The van der Waals surface area contributed by atoms with Crippen molar-refractivity contribution in [2.24, 2.45) is 0 Å². The number of aromatic nitrogens is 3. The van der Waals surface area contributed by atoms with Crippen molar-refractivity contribution >= 4 is 5.91 Å². The molecule has 1 N–H and O–H groups in total. The van der Waals surface area contributed by atoms with E-state index in [1.165, 1.54) is 12.1 Å². The van der Waals surface area contributed by atoms with Crippen LogP contribution in [0.2, 0.25) is 0 Å². The van der Waals surface area contributed by atoms with Gasteiger partial charge in [0.15, 0.2) is 0 Å². The summed E-state index contributed by atoms with van der Waals surface area (Å²) < 4.78 is 40.9. The molecule has 0 aliphatic carbocycles. The molecule has 0 unspecified atom stereocenters. The number of alkyl halides is 3. The van der Waals surface area contributed by atoms with Crippen LogP contribution >= 0.6 is 0 Å². The van der Waals surface area contributed by atoms with E-state index in [4.69, 9.17) is 0 Å². The first-order valence-electron chi connectivity index (χ1n) is 9.87. The molecule has 10 heteroatoms. The SMILES string of the molecule is CCCNC(=O)c1nn(-c2cccc(C)c2)c(=O)n(Cc2cccc(C(F)(F)F)c2)c1=O. The van der Waals surface area contributed by atoms with Crippen LogP contribution in [0.5, 0.6) is 0 Å². The van der Waals surface area contributed by atoms with Crippen molar-refractivity contribution in [2.45, 2.75) is 33.0 Å². The normalized spacial score (nSPS) is 11.4. The standard InChI is InChI=1S/C22H21F3N4O3/c1-3-10-26-19(30)18-20(31)28(13-15-7-5-8-16(12-15)22(23,24)25)21(32)29(27-18)17-9-4-6-14(2)11-17/h4-9,11-12H,3,10,13H2,1-2H3,(H,26,30). The van der Waals surface area contributed by atoms with Gasteiger partial charge in [0.25, 0.3) is 11.5 Å². The van der Waals surface area contributed by atoms with Crippen LogP contribution in [0.4, 0.5) is 13.2 Å². The molecule has 1 aromatic heterocycles. The van der Waals surface area contributed by atoms with Crippen molar-refractivity contribution in [2.75, 3.05) is 6.54 Å². The molecule has 1 heterocycles. The van der Waals surface area contributed by atoms with Gasteiger partial charge in [-0.25, -0.2) is 4.79 Å². The van der Waals surface area contributed by atoms with Crippen molar-refractivity contribution < 1.29 is 18.0 Å². The number of amides is 1. The number of carbonyl (C=O) groups excluding carboxylic acids is 1. The lowest BCUT2D eigenvalue weighted by atomic mass is 10.1. The van der Waals surface area contributed by atoms with Crippen molar-refractivity contribution in [1.82, 2.24) is 19.7 Å². The predicted molar refractivity (Wildman–Crippen MR) is 112 cm³/mol. The van der Waals surface area contributed by atoms with Gasteiger partial charge < -0.3 is 5.32 Å². The highest BCUT2D eigenvalue weighted by Gasteiger charge is 2.30. The van der Waals surface area contributed by atoms with E-state index in [9.17, 15) is 27.6 Å². The Morgan fingerprint density at radius 2 is 1.81 bits per heavy atom. The number of carbonyl (C=O) groups is 1. The Labute approximate surface area is 181 Å². The van der Waals surface area contributed by atoms with Gasteiger partial charge in [-0.1, -0.05) is 31.2 Å². The van der Waals surface area contributed by atoms with Gasteiger partial charge in [-0.15, -0.1) is 0 Å². The number of benzene rings is 2. The molecule has 0 saturated carbocycles. The van der Waals surface area contributed by atoms with E-state index in [0.717, 1.165) is 22.4 Å². The highest BCUT2D eigenvalue weighted by Crippen LogP contribution is 2.29. The van der Waals surface area contributed by atoms with Gasteiger partial charge in [-0.3, -0.25) is 14.2 Å². The van der Waals surface area contributed by atoms with Gasteiger partial charge in [-0.05, 0) is 48.7 Å². The number of rotatable bonds is 6. The lowest BCUT2D eigenvalue weighted by molar-refractivity contribution is -0.137. The first-order valence-corrected chi connectivity index (χ1v) is 9.87. The Kier molecular flexibility index (Phi) is 6.61. The molecule has 0 radical (unpaired) electrons. The fourth-order valence-corrected chi connectivity index (χ4v) is 3.08. The van der Waals surface area contributed by atoms with Crippen LogP contribution in [0.15, 0.2) is 58.1 Å². The minimum Gasteiger partial charge on any atom is -0.350 e. The number of halogens is 3. The lowest BCUT2D eigenvalue weighted by Gasteiger charge is -2.13. The number of hydrogen-bond acceptors (Lipinski definition) is 4. The summed E-state index contributed by atoms with van der Waals surface area (Å²) in [4.78, 5) is 38.5. The molecule has 0 spiro atoms. The van der Waals surface area contributed by atoms with Crippen molar-refractivity contribution in [3.8, 4) is 5.69 Å². The minimum atomic E-state index is -4.58. The first-order chi connectivity index (χ1) is 15.1. The molecule has 0 atom stereocenters. The van der Waals surface area contributed by atoms with Gasteiger partial charge in [0.1, 0.15) is 0 Å². The fraction of sp³-hybridized carbons (Fsp3) is 0.273. The smallest absolute Gasteiger partial charge is 0.350 e. The Balaban J connectivity index is 2.18. The quantitative estimate of drug-likeness (QED) is 0.631. The second-order valence-electron chi connectivity index (χ2n) is 7.23. The fourth-order valence-electron chi connectivity index (χ4n) is 3.08. The van der Waals surface area contributed by atoms with Crippen LogP contribution in [-0.4, -0.2) is 26.8 Å². The van der Waals surface area contributed by atoms with Gasteiger partial charge in [0, 0.05) is 6.54 Å². The maximum absolute atomic E-state index is 13.1. The second kappa shape index (κ2) is 9.21. The Morgan fingerprint density at radius 1 is 1.09 bits per heavy atom. The van der Waals surface area contributed by atoms with Crippen LogP contribution in [-0.2, 0) is 12.7 Å². The highest BCUT2D eigenvalue weighted by atomic mass is 19.4. The summed E-state index contributed by atoms with van der Waals surface area (Å²) in [6.07, 6.45) is -3.96. The third-order valence-corrected chi connectivity index (χ3v) is 4.65. The monoisotopic (exact) mass is 446 g/mol. The summed E-state index contributed by atoms with van der Waals surface area (Å²) in [5.74, 6) is -0.768.